The highest BCUT2D eigenvalue weighted by Gasteiger charge is 2.27. The van der Waals surface area contributed by atoms with Crippen molar-refractivity contribution in [1.29, 1.82) is 5.26 Å². The largest absolute Gasteiger partial charge is 0.459 e. The van der Waals surface area contributed by atoms with Crippen molar-refractivity contribution in [3.05, 3.63) is 52.3 Å². The second-order valence-electron chi connectivity index (χ2n) is 6.81. The molecule has 2 aromatic rings. The van der Waals surface area contributed by atoms with Gasteiger partial charge in [-0.15, -0.1) is 0 Å². The minimum Gasteiger partial charge on any atom is -0.459 e. The Morgan fingerprint density at radius 2 is 1.66 bits per heavy atom. The van der Waals surface area contributed by atoms with Gasteiger partial charge in [0.1, 0.15) is 5.69 Å². The van der Waals surface area contributed by atoms with Crippen molar-refractivity contribution in [2.24, 2.45) is 0 Å². The van der Waals surface area contributed by atoms with Gasteiger partial charge in [-0.2, -0.15) is 5.26 Å². The number of hydrogen-bond acceptors (Lipinski definition) is 6. The molecule has 1 aromatic carbocycles. The molecule has 2 N–H and O–H groups in total. The molecule has 1 heterocycles. The van der Waals surface area contributed by atoms with Crippen LogP contribution in [0.3, 0.4) is 0 Å². The smallest absolute Gasteiger partial charge is 0.355 e. The number of benzene rings is 1. The fourth-order valence-electron chi connectivity index (χ4n) is 2.68. The van der Waals surface area contributed by atoms with E-state index in [0.29, 0.717) is 22.5 Å². The van der Waals surface area contributed by atoms with Crippen LogP contribution in [0.15, 0.2) is 24.3 Å². The topological polar surface area (TPSA) is 121 Å². The van der Waals surface area contributed by atoms with Gasteiger partial charge in [0.15, 0.2) is 6.10 Å². The van der Waals surface area contributed by atoms with Crippen LogP contribution in [0.4, 0.5) is 5.69 Å². The Morgan fingerprint density at radius 1 is 1.03 bits per heavy atom. The number of aryl methyl sites for hydroxylation is 1. The van der Waals surface area contributed by atoms with Crippen molar-refractivity contribution < 1.29 is 23.9 Å². The molecule has 0 fully saturated rings. The first kappa shape index (κ1) is 21.7. The highest BCUT2D eigenvalue weighted by Crippen LogP contribution is 2.21. The van der Waals surface area contributed by atoms with Crippen LogP contribution in [0, 0.1) is 25.2 Å². The zero-order valence-electron chi connectivity index (χ0n) is 17.0. The van der Waals surface area contributed by atoms with Gasteiger partial charge in [0, 0.05) is 11.4 Å². The summed E-state index contributed by atoms with van der Waals surface area (Å²) >= 11 is 0. The molecule has 0 bridgehead atoms. The van der Waals surface area contributed by atoms with E-state index >= 15 is 0 Å². The van der Waals surface area contributed by atoms with Crippen LogP contribution in [0.25, 0.3) is 0 Å². The second-order valence-corrected chi connectivity index (χ2v) is 6.81. The number of nitrogens with one attached hydrogen (secondary N) is 2. The van der Waals surface area contributed by atoms with Gasteiger partial charge in [-0.05, 0) is 64.4 Å². The quantitative estimate of drug-likeness (QED) is 0.722. The minimum atomic E-state index is -1.08. The first-order valence-electron chi connectivity index (χ1n) is 9.06. The zero-order chi connectivity index (χ0) is 21.7. The summed E-state index contributed by atoms with van der Waals surface area (Å²) < 4.78 is 10.4. The van der Waals surface area contributed by atoms with E-state index in [1.807, 2.05) is 6.07 Å². The van der Waals surface area contributed by atoms with Gasteiger partial charge in [-0.3, -0.25) is 4.79 Å². The normalized spacial score (nSPS) is 11.5. The number of H-pyrrole nitrogens is 1. The summed E-state index contributed by atoms with van der Waals surface area (Å²) in [6.45, 7) is 8.17. The lowest BCUT2D eigenvalue weighted by Gasteiger charge is -2.13. The summed E-state index contributed by atoms with van der Waals surface area (Å²) in [7, 11) is 0. The zero-order valence-corrected chi connectivity index (χ0v) is 17.0. The van der Waals surface area contributed by atoms with Crippen molar-refractivity contribution >= 4 is 23.5 Å². The summed E-state index contributed by atoms with van der Waals surface area (Å²) in [6.07, 6.45) is -1.37. The fraction of sp³-hybridized carbons (Fsp3) is 0.333. The number of hydrogen-bond donors (Lipinski definition) is 2. The predicted octanol–water partition coefficient (Wildman–Crippen LogP) is 3.25. The highest BCUT2D eigenvalue weighted by molar-refractivity contribution is 6.00. The Labute approximate surface area is 168 Å². The first-order chi connectivity index (χ1) is 13.6. The lowest BCUT2D eigenvalue weighted by molar-refractivity contribution is -0.123. The van der Waals surface area contributed by atoms with Gasteiger partial charge in [0.05, 0.1) is 23.3 Å². The first-order valence-corrected chi connectivity index (χ1v) is 9.06. The number of carbonyl (C=O) groups excluding carboxylic acids is 3. The molecule has 0 saturated heterocycles. The summed E-state index contributed by atoms with van der Waals surface area (Å²) in [5, 5.41) is 11.4. The van der Waals surface area contributed by atoms with E-state index in [-0.39, 0.29) is 17.4 Å². The maximum atomic E-state index is 12.5. The Hall–Kier alpha value is -3.60. The minimum absolute atomic E-state index is 0.0937. The number of carbonyl (C=O) groups is 3. The molecule has 1 unspecified atom stereocenters. The van der Waals surface area contributed by atoms with E-state index < -0.39 is 23.9 Å². The third kappa shape index (κ3) is 5.23. The summed E-state index contributed by atoms with van der Waals surface area (Å²) in [6, 6.07) is 8.27. The molecule has 0 aliphatic rings. The molecular weight excluding hydrogens is 374 g/mol. The van der Waals surface area contributed by atoms with Gasteiger partial charge >= 0.3 is 11.9 Å². The predicted molar refractivity (Wildman–Crippen MR) is 105 cm³/mol. The van der Waals surface area contributed by atoms with E-state index in [9.17, 15) is 14.4 Å². The Bertz CT molecular complexity index is 967. The lowest BCUT2D eigenvalue weighted by atomic mass is 10.1. The van der Waals surface area contributed by atoms with E-state index in [2.05, 4.69) is 10.3 Å². The SMILES string of the molecule is Cc1[nH]c(C(=O)OC(C)C(=O)Nc2ccc(C#N)cc2)c(C)c1C(=O)OC(C)C. The molecule has 152 valence electrons. The lowest BCUT2D eigenvalue weighted by Crippen LogP contribution is -2.30. The third-order valence-corrected chi connectivity index (χ3v) is 4.12. The molecule has 29 heavy (non-hydrogen) atoms. The van der Waals surface area contributed by atoms with Crippen molar-refractivity contribution in [2.45, 2.75) is 46.8 Å². The fourth-order valence-corrected chi connectivity index (χ4v) is 2.68. The van der Waals surface area contributed by atoms with Crippen LogP contribution in [0.5, 0.6) is 0 Å². The van der Waals surface area contributed by atoms with Crippen LogP contribution in [-0.2, 0) is 14.3 Å². The van der Waals surface area contributed by atoms with Gasteiger partial charge in [0.2, 0.25) is 0 Å². The van der Waals surface area contributed by atoms with Crippen molar-refractivity contribution in [1.82, 2.24) is 4.98 Å². The molecule has 1 amide bonds. The van der Waals surface area contributed by atoms with Crippen LogP contribution in [0.2, 0.25) is 0 Å². The number of amides is 1. The molecule has 2 rings (SSSR count). The average Bonchev–Trinajstić information content (AvgIpc) is 2.96. The van der Waals surface area contributed by atoms with Crippen molar-refractivity contribution in [2.75, 3.05) is 5.32 Å². The molecule has 1 aromatic heterocycles. The Morgan fingerprint density at radius 3 is 2.21 bits per heavy atom. The Kier molecular flexibility index (Phi) is 6.78. The maximum absolute atomic E-state index is 12.5. The Balaban J connectivity index is 2.08. The summed E-state index contributed by atoms with van der Waals surface area (Å²) in [5.74, 6) is -1.81. The number of aromatic amines is 1. The highest BCUT2D eigenvalue weighted by atomic mass is 16.6. The number of anilines is 1. The monoisotopic (exact) mass is 397 g/mol. The van der Waals surface area contributed by atoms with E-state index in [4.69, 9.17) is 14.7 Å². The van der Waals surface area contributed by atoms with Gasteiger partial charge < -0.3 is 19.8 Å². The standard InChI is InChI=1S/C21H23N3O5/c1-11(2)28-20(26)17-12(3)18(23-13(17)4)21(27)29-14(5)19(25)24-16-8-6-15(10-22)7-9-16/h6-9,11,14,23H,1-5H3,(H,24,25). The number of ether oxygens (including phenoxy) is 2. The summed E-state index contributed by atoms with van der Waals surface area (Å²) in [4.78, 5) is 39.9. The van der Waals surface area contributed by atoms with Gasteiger partial charge in [-0.25, -0.2) is 9.59 Å². The molecule has 0 aliphatic heterocycles. The molecule has 0 spiro atoms. The molecule has 0 radical (unpaired) electrons. The second kappa shape index (κ2) is 9.06. The number of esters is 2. The van der Waals surface area contributed by atoms with Gasteiger partial charge in [-0.1, -0.05) is 0 Å². The van der Waals surface area contributed by atoms with Crippen LogP contribution >= 0.6 is 0 Å². The van der Waals surface area contributed by atoms with Crippen molar-refractivity contribution in [3.8, 4) is 6.07 Å². The number of nitrogens with zero attached hydrogens (tertiary/aromatic N) is 1. The number of aromatic nitrogens is 1. The molecule has 8 nitrogen and oxygen atoms in total. The van der Waals surface area contributed by atoms with Crippen LogP contribution in [0.1, 0.15) is 58.4 Å². The van der Waals surface area contributed by atoms with Crippen LogP contribution < -0.4 is 5.32 Å². The summed E-state index contributed by atoms with van der Waals surface area (Å²) in [5.41, 5.74) is 2.19. The van der Waals surface area contributed by atoms with E-state index in [0.717, 1.165) is 0 Å². The maximum Gasteiger partial charge on any atom is 0.355 e. The molecule has 0 saturated carbocycles. The van der Waals surface area contributed by atoms with Gasteiger partial charge in [0.25, 0.3) is 5.91 Å². The molecule has 1 atom stereocenters. The molecule has 0 aliphatic carbocycles. The average molecular weight is 397 g/mol. The third-order valence-electron chi connectivity index (χ3n) is 4.12. The number of nitriles is 1. The number of rotatable bonds is 6. The van der Waals surface area contributed by atoms with E-state index in [1.54, 1.807) is 52.0 Å². The molecule has 8 heteroatoms. The molecular formula is C21H23N3O5. The van der Waals surface area contributed by atoms with E-state index in [1.165, 1.54) is 6.92 Å². The van der Waals surface area contributed by atoms with Crippen molar-refractivity contribution in [3.63, 3.8) is 0 Å². The van der Waals surface area contributed by atoms with Crippen LogP contribution in [-0.4, -0.2) is 35.0 Å².